The van der Waals surface area contributed by atoms with Gasteiger partial charge in [0.1, 0.15) is 5.78 Å². The molecule has 76 valence electrons. The van der Waals surface area contributed by atoms with Crippen molar-refractivity contribution >= 4 is 33.3 Å². The van der Waals surface area contributed by atoms with Gasteiger partial charge in [0.2, 0.25) is 0 Å². The van der Waals surface area contributed by atoms with Crippen LogP contribution in [0.4, 0.5) is 0 Å². The molecule has 0 bridgehead atoms. The number of carbonyl (C=O) groups excluding carboxylic acids is 1. The van der Waals surface area contributed by atoms with Gasteiger partial charge in [-0.3, -0.25) is 4.79 Å². The number of benzene rings is 1. The van der Waals surface area contributed by atoms with E-state index in [1.807, 2.05) is 18.2 Å². The number of aryl methyl sites for hydroxylation is 1. The van der Waals surface area contributed by atoms with E-state index < -0.39 is 0 Å². The van der Waals surface area contributed by atoms with Gasteiger partial charge in [0.15, 0.2) is 0 Å². The van der Waals surface area contributed by atoms with Gasteiger partial charge in [-0.15, -0.1) is 0 Å². The molecule has 1 aromatic rings. The first-order valence-corrected chi connectivity index (χ1v) is 6.01. The van der Waals surface area contributed by atoms with E-state index in [-0.39, 0.29) is 5.78 Å². The van der Waals surface area contributed by atoms with Gasteiger partial charge in [-0.05, 0) is 29.7 Å². The van der Waals surface area contributed by atoms with Crippen molar-refractivity contribution in [2.75, 3.05) is 5.33 Å². The maximum Gasteiger partial charge on any atom is 0.147 e. The summed E-state index contributed by atoms with van der Waals surface area (Å²) in [5, 5.41) is 1.11. The Morgan fingerprint density at radius 3 is 2.57 bits per heavy atom. The number of Topliss-reactive ketones (excluding diaryl/α,β-unsaturated/α-hetero) is 1. The Balaban J connectivity index is 2.86. The standard InChI is InChI=1S/C11H12BrClO/c1-2-8-3-9(5-10(13)4-8)6-11(14)7-12/h3-5H,2,6-7H2,1H3. The predicted octanol–water partition coefficient (Wildman–Crippen LogP) is 3.41. The molecule has 0 radical (unpaired) electrons. The number of hydrogen-bond acceptors (Lipinski definition) is 1. The van der Waals surface area contributed by atoms with Crippen LogP contribution in [0.15, 0.2) is 18.2 Å². The van der Waals surface area contributed by atoms with Crippen molar-refractivity contribution in [2.45, 2.75) is 19.8 Å². The first-order chi connectivity index (χ1) is 6.65. The van der Waals surface area contributed by atoms with E-state index in [2.05, 4.69) is 22.9 Å². The summed E-state index contributed by atoms with van der Waals surface area (Å²) in [5.41, 5.74) is 2.17. The van der Waals surface area contributed by atoms with Crippen LogP contribution >= 0.6 is 27.5 Å². The topological polar surface area (TPSA) is 17.1 Å². The zero-order chi connectivity index (χ0) is 10.6. The van der Waals surface area contributed by atoms with Crippen LogP contribution < -0.4 is 0 Å². The Bertz CT molecular complexity index is 336. The van der Waals surface area contributed by atoms with E-state index in [9.17, 15) is 4.79 Å². The molecule has 14 heavy (non-hydrogen) atoms. The maximum absolute atomic E-state index is 11.2. The third kappa shape index (κ3) is 3.43. The van der Waals surface area contributed by atoms with Crippen LogP contribution in [0, 0.1) is 0 Å². The molecule has 0 unspecified atom stereocenters. The van der Waals surface area contributed by atoms with E-state index in [0.717, 1.165) is 12.0 Å². The molecule has 1 rings (SSSR count). The summed E-state index contributed by atoms with van der Waals surface area (Å²) in [6.07, 6.45) is 1.40. The van der Waals surface area contributed by atoms with Crippen molar-refractivity contribution in [3.8, 4) is 0 Å². The van der Waals surface area contributed by atoms with Crippen LogP contribution in [0.5, 0.6) is 0 Å². The molecule has 1 aromatic carbocycles. The molecular formula is C11H12BrClO. The normalized spacial score (nSPS) is 10.2. The molecule has 0 aliphatic rings. The summed E-state index contributed by atoms with van der Waals surface area (Å²) in [4.78, 5) is 11.2. The van der Waals surface area contributed by atoms with Crippen LogP contribution in [-0.4, -0.2) is 11.1 Å². The third-order valence-corrected chi connectivity index (χ3v) is 2.82. The smallest absolute Gasteiger partial charge is 0.147 e. The predicted molar refractivity (Wildman–Crippen MR) is 63.3 cm³/mol. The number of halogens is 2. The largest absolute Gasteiger partial charge is 0.298 e. The quantitative estimate of drug-likeness (QED) is 0.770. The highest BCUT2D eigenvalue weighted by Gasteiger charge is 2.03. The van der Waals surface area contributed by atoms with Gasteiger partial charge < -0.3 is 0 Å². The second-order valence-corrected chi connectivity index (χ2v) is 4.17. The highest BCUT2D eigenvalue weighted by molar-refractivity contribution is 9.09. The van der Waals surface area contributed by atoms with E-state index in [1.54, 1.807) is 0 Å². The minimum atomic E-state index is 0.175. The average Bonchev–Trinajstić information content (AvgIpc) is 2.16. The lowest BCUT2D eigenvalue weighted by Crippen LogP contribution is -2.03. The van der Waals surface area contributed by atoms with E-state index >= 15 is 0 Å². The van der Waals surface area contributed by atoms with Crippen LogP contribution in [0.1, 0.15) is 18.1 Å². The number of ketones is 1. The van der Waals surface area contributed by atoms with E-state index in [0.29, 0.717) is 16.8 Å². The lowest BCUT2D eigenvalue weighted by atomic mass is 10.1. The lowest BCUT2D eigenvalue weighted by Gasteiger charge is -2.03. The van der Waals surface area contributed by atoms with E-state index in [1.165, 1.54) is 5.56 Å². The molecule has 0 amide bonds. The van der Waals surface area contributed by atoms with Crippen molar-refractivity contribution in [3.63, 3.8) is 0 Å². The second-order valence-electron chi connectivity index (χ2n) is 3.17. The van der Waals surface area contributed by atoms with Gasteiger partial charge in [0.25, 0.3) is 0 Å². The van der Waals surface area contributed by atoms with Crippen LogP contribution in [0.2, 0.25) is 5.02 Å². The fraction of sp³-hybridized carbons (Fsp3) is 0.364. The van der Waals surface area contributed by atoms with Crippen LogP contribution in [0.25, 0.3) is 0 Å². The summed E-state index contributed by atoms with van der Waals surface area (Å²) in [5.74, 6) is 0.175. The molecular weight excluding hydrogens is 263 g/mol. The van der Waals surface area contributed by atoms with Crippen molar-refractivity contribution in [1.29, 1.82) is 0 Å². The SMILES string of the molecule is CCc1cc(Cl)cc(CC(=O)CBr)c1. The van der Waals surface area contributed by atoms with E-state index in [4.69, 9.17) is 11.6 Å². The summed E-state index contributed by atoms with van der Waals surface area (Å²) >= 11 is 9.08. The number of rotatable bonds is 4. The number of hydrogen-bond donors (Lipinski definition) is 0. The molecule has 0 aromatic heterocycles. The first-order valence-electron chi connectivity index (χ1n) is 4.51. The summed E-state index contributed by atoms with van der Waals surface area (Å²) in [6, 6.07) is 5.82. The molecule has 0 aliphatic heterocycles. The Labute approximate surface area is 97.6 Å². The molecule has 0 aliphatic carbocycles. The first kappa shape index (κ1) is 11.7. The van der Waals surface area contributed by atoms with Gasteiger partial charge >= 0.3 is 0 Å². The molecule has 0 atom stereocenters. The van der Waals surface area contributed by atoms with Crippen LogP contribution in [0.3, 0.4) is 0 Å². The van der Waals surface area contributed by atoms with Crippen LogP contribution in [-0.2, 0) is 17.6 Å². The Hall–Kier alpha value is -0.340. The summed E-state index contributed by atoms with van der Waals surface area (Å²) in [6.45, 7) is 2.07. The minimum Gasteiger partial charge on any atom is -0.298 e. The van der Waals surface area contributed by atoms with Crippen molar-refractivity contribution in [3.05, 3.63) is 34.3 Å². The summed E-state index contributed by atoms with van der Waals surface area (Å²) in [7, 11) is 0. The van der Waals surface area contributed by atoms with Crippen molar-refractivity contribution < 1.29 is 4.79 Å². The zero-order valence-electron chi connectivity index (χ0n) is 8.02. The molecule has 0 saturated carbocycles. The molecule has 0 spiro atoms. The molecule has 0 saturated heterocycles. The van der Waals surface area contributed by atoms with Crippen molar-refractivity contribution in [1.82, 2.24) is 0 Å². The maximum atomic E-state index is 11.2. The molecule has 0 fully saturated rings. The fourth-order valence-electron chi connectivity index (χ4n) is 1.30. The molecule has 3 heteroatoms. The Morgan fingerprint density at radius 1 is 1.36 bits per heavy atom. The zero-order valence-corrected chi connectivity index (χ0v) is 10.4. The van der Waals surface area contributed by atoms with Gasteiger partial charge in [-0.25, -0.2) is 0 Å². The van der Waals surface area contributed by atoms with Gasteiger partial charge in [0, 0.05) is 11.4 Å². The molecule has 1 nitrogen and oxygen atoms in total. The highest BCUT2D eigenvalue weighted by Crippen LogP contribution is 2.16. The number of alkyl halides is 1. The molecule has 0 N–H and O–H groups in total. The van der Waals surface area contributed by atoms with Gasteiger partial charge in [-0.1, -0.05) is 40.5 Å². The number of carbonyl (C=O) groups is 1. The second kappa shape index (κ2) is 5.52. The highest BCUT2D eigenvalue weighted by atomic mass is 79.9. The fourth-order valence-corrected chi connectivity index (χ4v) is 1.78. The molecule has 0 heterocycles. The van der Waals surface area contributed by atoms with Gasteiger partial charge in [-0.2, -0.15) is 0 Å². The summed E-state index contributed by atoms with van der Waals surface area (Å²) < 4.78 is 0. The Morgan fingerprint density at radius 2 is 2.00 bits per heavy atom. The Kier molecular flexibility index (Phi) is 4.63. The monoisotopic (exact) mass is 274 g/mol. The average molecular weight is 276 g/mol. The lowest BCUT2D eigenvalue weighted by molar-refractivity contribution is -0.115. The van der Waals surface area contributed by atoms with Crippen molar-refractivity contribution in [2.24, 2.45) is 0 Å². The third-order valence-electron chi connectivity index (χ3n) is 1.98. The van der Waals surface area contributed by atoms with Gasteiger partial charge in [0.05, 0.1) is 5.33 Å². The minimum absolute atomic E-state index is 0.175.